The van der Waals surface area contributed by atoms with Crippen LogP contribution in [0.25, 0.3) is 0 Å². The molecule has 7 nitrogen and oxygen atoms in total. The molecule has 1 amide bonds. The highest BCUT2D eigenvalue weighted by Gasteiger charge is 2.32. The SMILES string of the molecule is CCc1ccc(S(=O)(=O)N2CCC[C@H](c3nnc(C(=O)Nc4cccc(Cl)c4)s3)C2)cc1. The summed E-state index contributed by atoms with van der Waals surface area (Å²) in [7, 11) is -3.58. The van der Waals surface area contributed by atoms with Crippen LogP contribution in [0, 0.1) is 0 Å². The first-order valence-electron chi connectivity index (χ1n) is 10.4. The molecule has 32 heavy (non-hydrogen) atoms. The third-order valence-electron chi connectivity index (χ3n) is 5.42. The zero-order chi connectivity index (χ0) is 22.7. The number of halogens is 1. The van der Waals surface area contributed by atoms with Gasteiger partial charge in [0.25, 0.3) is 5.91 Å². The largest absolute Gasteiger partial charge is 0.320 e. The summed E-state index contributed by atoms with van der Waals surface area (Å²) >= 11 is 7.15. The fourth-order valence-electron chi connectivity index (χ4n) is 3.65. The van der Waals surface area contributed by atoms with Gasteiger partial charge in [-0.05, 0) is 55.2 Å². The maximum atomic E-state index is 13.1. The second kappa shape index (κ2) is 9.66. The summed E-state index contributed by atoms with van der Waals surface area (Å²) in [5, 5.41) is 12.4. The number of amides is 1. The monoisotopic (exact) mass is 490 g/mol. The minimum absolute atomic E-state index is 0.0985. The lowest BCUT2D eigenvalue weighted by Crippen LogP contribution is -2.39. The van der Waals surface area contributed by atoms with Crippen LogP contribution in [0.1, 0.15) is 46.1 Å². The molecular formula is C22H23ClN4O3S2. The maximum absolute atomic E-state index is 13.1. The molecule has 2 heterocycles. The van der Waals surface area contributed by atoms with Crippen LogP contribution < -0.4 is 5.32 Å². The van der Waals surface area contributed by atoms with Crippen LogP contribution in [0.3, 0.4) is 0 Å². The molecule has 0 unspecified atom stereocenters. The summed E-state index contributed by atoms with van der Waals surface area (Å²) in [4.78, 5) is 12.8. The van der Waals surface area contributed by atoms with Crippen molar-refractivity contribution in [2.45, 2.75) is 37.0 Å². The highest BCUT2D eigenvalue weighted by Crippen LogP contribution is 2.32. The van der Waals surface area contributed by atoms with Gasteiger partial charge in [-0.25, -0.2) is 8.42 Å². The zero-order valence-electron chi connectivity index (χ0n) is 17.5. The van der Waals surface area contributed by atoms with Crippen molar-refractivity contribution in [1.29, 1.82) is 0 Å². The number of benzene rings is 2. The Labute approximate surface area is 196 Å². The fraction of sp³-hybridized carbons (Fsp3) is 0.318. The van der Waals surface area contributed by atoms with Crippen LogP contribution in [-0.2, 0) is 16.4 Å². The Bertz CT molecular complexity index is 1210. The minimum Gasteiger partial charge on any atom is -0.320 e. The number of carbonyl (C=O) groups excluding carboxylic acids is 1. The van der Waals surface area contributed by atoms with Gasteiger partial charge in [-0.2, -0.15) is 4.31 Å². The highest BCUT2D eigenvalue weighted by molar-refractivity contribution is 7.89. The lowest BCUT2D eigenvalue weighted by atomic mass is 10.0. The van der Waals surface area contributed by atoms with Crippen LogP contribution in [0.5, 0.6) is 0 Å². The van der Waals surface area contributed by atoms with Crippen molar-refractivity contribution < 1.29 is 13.2 Å². The summed E-state index contributed by atoms with van der Waals surface area (Å²) in [6.45, 7) is 2.82. The molecule has 1 atom stereocenters. The van der Waals surface area contributed by atoms with Crippen molar-refractivity contribution in [2.24, 2.45) is 0 Å². The average molecular weight is 491 g/mol. The molecule has 1 fully saturated rings. The van der Waals surface area contributed by atoms with Crippen LogP contribution in [0.2, 0.25) is 5.02 Å². The van der Waals surface area contributed by atoms with Gasteiger partial charge in [-0.15, -0.1) is 10.2 Å². The number of nitrogens with zero attached hydrogens (tertiary/aromatic N) is 3. The molecule has 4 rings (SSSR count). The number of aromatic nitrogens is 2. The van der Waals surface area contributed by atoms with E-state index < -0.39 is 10.0 Å². The third kappa shape index (κ3) is 5.01. The van der Waals surface area contributed by atoms with Crippen LogP contribution in [0.15, 0.2) is 53.4 Å². The number of hydrogen-bond acceptors (Lipinski definition) is 6. The number of nitrogens with one attached hydrogen (secondary N) is 1. The summed E-state index contributed by atoms with van der Waals surface area (Å²) in [5.41, 5.74) is 1.67. The van der Waals surface area contributed by atoms with Crippen molar-refractivity contribution in [2.75, 3.05) is 18.4 Å². The van der Waals surface area contributed by atoms with E-state index in [9.17, 15) is 13.2 Å². The number of rotatable bonds is 6. The Hall–Kier alpha value is -2.33. The van der Waals surface area contributed by atoms with E-state index in [-0.39, 0.29) is 16.8 Å². The normalized spacial score (nSPS) is 17.2. The van der Waals surface area contributed by atoms with E-state index in [1.807, 2.05) is 19.1 Å². The smallest absolute Gasteiger partial charge is 0.286 e. The first-order chi connectivity index (χ1) is 15.4. The molecule has 0 saturated carbocycles. The van der Waals surface area contributed by atoms with Gasteiger partial charge in [0.15, 0.2) is 0 Å². The number of sulfonamides is 1. The van der Waals surface area contributed by atoms with Gasteiger partial charge < -0.3 is 5.32 Å². The van der Waals surface area contributed by atoms with E-state index in [1.54, 1.807) is 36.4 Å². The third-order valence-corrected chi connectivity index (χ3v) is 8.62. The molecule has 1 aliphatic rings. The number of piperidine rings is 1. The Morgan fingerprint density at radius 3 is 2.72 bits per heavy atom. The Balaban J connectivity index is 1.46. The molecule has 0 bridgehead atoms. The van der Waals surface area contributed by atoms with E-state index in [0.29, 0.717) is 33.7 Å². The average Bonchev–Trinajstić information content (AvgIpc) is 3.30. The minimum atomic E-state index is -3.58. The Morgan fingerprint density at radius 1 is 1.22 bits per heavy atom. The van der Waals surface area contributed by atoms with Crippen molar-refractivity contribution >= 4 is 44.6 Å². The Kier molecular flexibility index (Phi) is 6.90. The molecule has 0 radical (unpaired) electrons. The Morgan fingerprint density at radius 2 is 2.00 bits per heavy atom. The second-order valence-corrected chi connectivity index (χ2v) is 11.0. The summed E-state index contributed by atoms with van der Waals surface area (Å²) < 4.78 is 27.8. The van der Waals surface area contributed by atoms with Gasteiger partial charge in [0, 0.05) is 29.7 Å². The number of hydrogen-bond donors (Lipinski definition) is 1. The van der Waals surface area contributed by atoms with Crippen molar-refractivity contribution in [3.63, 3.8) is 0 Å². The number of anilines is 1. The molecule has 0 spiro atoms. The lowest BCUT2D eigenvalue weighted by Gasteiger charge is -2.30. The molecule has 2 aromatic carbocycles. The van der Waals surface area contributed by atoms with E-state index in [4.69, 9.17) is 11.6 Å². The predicted octanol–water partition coefficient (Wildman–Crippen LogP) is 4.57. The van der Waals surface area contributed by atoms with E-state index >= 15 is 0 Å². The summed E-state index contributed by atoms with van der Waals surface area (Å²) in [6.07, 6.45) is 2.38. The van der Waals surface area contributed by atoms with Gasteiger partial charge in [-0.1, -0.05) is 48.1 Å². The van der Waals surface area contributed by atoms with Gasteiger partial charge >= 0.3 is 0 Å². The van der Waals surface area contributed by atoms with Gasteiger partial charge in [-0.3, -0.25) is 4.79 Å². The standard InChI is InChI=1S/C22H23ClN4O3S2/c1-2-15-8-10-19(11-9-15)32(29,30)27-12-4-5-16(14-27)21-25-26-22(31-21)20(28)24-18-7-3-6-17(23)13-18/h3,6-11,13,16H,2,4-5,12,14H2,1H3,(H,24,28)/t16-/m0/s1. The molecular weight excluding hydrogens is 468 g/mol. The van der Waals surface area contributed by atoms with Crippen molar-refractivity contribution in [3.8, 4) is 0 Å². The van der Waals surface area contributed by atoms with E-state index in [2.05, 4.69) is 15.5 Å². The van der Waals surface area contributed by atoms with Crippen molar-refractivity contribution in [1.82, 2.24) is 14.5 Å². The van der Waals surface area contributed by atoms with Gasteiger partial charge in [0.05, 0.1) is 4.90 Å². The molecule has 1 aliphatic heterocycles. The number of carbonyl (C=O) groups is 1. The van der Waals surface area contributed by atoms with Crippen LogP contribution >= 0.6 is 22.9 Å². The zero-order valence-corrected chi connectivity index (χ0v) is 19.9. The topological polar surface area (TPSA) is 92.3 Å². The summed E-state index contributed by atoms with van der Waals surface area (Å²) in [6, 6.07) is 13.9. The first-order valence-corrected chi connectivity index (χ1v) is 13.0. The van der Waals surface area contributed by atoms with Gasteiger partial charge in [0.2, 0.25) is 15.0 Å². The van der Waals surface area contributed by atoms with Crippen LogP contribution in [0.4, 0.5) is 5.69 Å². The predicted molar refractivity (Wildman–Crippen MR) is 126 cm³/mol. The molecule has 3 aromatic rings. The lowest BCUT2D eigenvalue weighted by molar-refractivity contribution is 0.102. The first kappa shape index (κ1) is 22.8. The molecule has 10 heteroatoms. The van der Waals surface area contributed by atoms with E-state index in [0.717, 1.165) is 24.8 Å². The van der Waals surface area contributed by atoms with Crippen LogP contribution in [-0.4, -0.2) is 41.9 Å². The fourth-order valence-corrected chi connectivity index (χ4v) is 6.23. The molecule has 0 aliphatic carbocycles. The molecule has 1 aromatic heterocycles. The number of aryl methyl sites for hydroxylation is 1. The summed E-state index contributed by atoms with van der Waals surface area (Å²) in [5.74, 6) is -0.467. The molecule has 1 saturated heterocycles. The van der Waals surface area contributed by atoms with E-state index in [1.165, 1.54) is 15.6 Å². The maximum Gasteiger partial charge on any atom is 0.286 e. The van der Waals surface area contributed by atoms with Crippen molar-refractivity contribution in [3.05, 3.63) is 69.1 Å². The molecule has 1 N–H and O–H groups in total. The quantitative estimate of drug-likeness (QED) is 0.546. The van der Waals surface area contributed by atoms with Gasteiger partial charge in [0.1, 0.15) is 5.01 Å². The second-order valence-electron chi connectivity index (χ2n) is 7.61. The highest BCUT2D eigenvalue weighted by atomic mass is 35.5. The molecule has 168 valence electrons.